The van der Waals surface area contributed by atoms with Crippen LogP contribution in [-0.2, 0) is 0 Å². The Hall–Kier alpha value is -0.0200. The summed E-state index contributed by atoms with van der Waals surface area (Å²) in [7, 11) is 0. The fourth-order valence-corrected chi connectivity index (χ4v) is 3.79. The van der Waals surface area contributed by atoms with E-state index in [0.717, 1.165) is 5.02 Å². The second-order valence-corrected chi connectivity index (χ2v) is 6.76. The molecule has 4 heteroatoms. The molecule has 1 aliphatic carbocycles. The Morgan fingerprint density at radius 2 is 2.06 bits per heavy atom. The van der Waals surface area contributed by atoms with Crippen LogP contribution >= 0.6 is 27.5 Å². The molecule has 2 atom stereocenters. The van der Waals surface area contributed by atoms with E-state index in [9.17, 15) is 0 Å². The summed E-state index contributed by atoms with van der Waals surface area (Å²) in [5, 5.41) is 5.25. The minimum Gasteiger partial charge on any atom is -0.265 e. The van der Waals surface area contributed by atoms with E-state index in [1.165, 1.54) is 37.8 Å². The van der Waals surface area contributed by atoms with E-state index in [2.05, 4.69) is 39.6 Å². The highest BCUT2D eigenvalue weighted by atomic mass is 79.9. The standard InChI is InChI=1S/C13H20BrClN2/c1-9(2)17-13(12(15)8-16-17)10-6-4-3-5-7-11(10)14/h8-11H,3-7H2,1-2H3. The molecular formula is C13H20BrClN2. The summed E-state index contributed by atoms with van der Waals surface area (Å²) in [6, 6.07) is 0.375. The zero-order valence-electron chi connectivity index (χ0n) is 10.5. The van der Waals surface area contributed by atoms with Gasteiger partial charge in [0.05, 0.1) is 16.9 Å². The third-order valence-corrected chi connectivity index (χ3v) is 4.95. The smallest absolute Gasteiger partial charge is 0.0821 e. The van der Waals surface area contributed by atoms with Crippen molar-refractivity contribution in [3.8, 4) is 0 Å². The molecule has 2 unspecified atom stereocenters. The maximum Gasteiger partial charge on any atom is 0.0821 e. The van der Waals surface area contributed by atoms with Crippen molar-refractivity contribution in [2.45, 2.75) is 62.7 Å². The Morgan fingerprint density at radius 1 is 1.35 bits per heavy atom. The van der Waals surface area contributed by atoms with Crippen LogP contribution in [0.4, 0.5) is 0 Å². The lowest BCUT2D eigenvalue weighted by molar-refractivity contribution is 0.469. The predicted molar refractivity (Wildman–Crippen MR) is 76.2 cm³/mol. The summed E-state index contributed by atoms with van der Waals surface area (Å²) in [4.78, 5) is 0.539. The molecule has 1 aromatic heterocycles. The average molecular weight is 320 g/mol. The zero-order chi connectivity index (χ0) is 12.4. The summed E-state index contributed by atoms with van der Waals surface area (Å²) < 4.78 is 2.09. The maximum atomic E-state index is 6.34. The Balaban J connectivity index is 2.33. The molecule has 1 aliphatic rings. The molecule has 0 N–H and O–H groups in total. The van der Waals surface area contributed by atoms with Crippen LogP contribution < -0.4 is 0 Å². The van der Waals surface area contributed by atoms with Gasteiger partial charge in [0.15, 0.2) is 0 Å². The fourth-order valence-electron chi connectivity index (χ4n) is 2.68. The lowest BCUT2D eigenvalue weighted by Crippen LogP contribution is -2.18. The predicted octanol–water partition coefficient (Wildman–Crippen LogP) is 4.93. The normalized spacial score (nSPS) is 26.2. The van der Waals surface area contributed by atoms with Crippen molar-refractivity contribution in [2.24, 2.45) is 0 Å². The monoisotopic (exact) mass is 318 g/mol. The molecule has 0 aliphatic heterocycles. The van der Waals surface area contributed by atoms with E-state index in [-0.39, 0.29) is 0 Å². The highest BCUT2D eigenvalue weighted by Crippen LogP contribution is 2.39. The van der Waals surface area contributed by atoms with Crippen LogP contribution in [-0.4, -0.2) is 14.6 Å². The molecule has 0 saturated heterocycles. The Bertz CT molecular complexity index is 375. The van der Waals surface area contributed by atoms with Gasteiger partial charge in [-0.2, -0.15) is 5.10 Å². The fraction of sp³-hybridized carbons (Fsp3) is 0.769. The molecule has 2 rings (SSSR count). The number of hydrogen-bond donors (Lipinski definition) is 0. The SMILES string of the molecule is CC(C)n1ncc(Cl)c1C1CCCCCC1Br. The Kier molecular flexibility index (Phi) is 4.53. The van der Waals surface area contributed by atoms with Gasteiger partial charge in [-0.15, -0.1) is 0 Å². The topological polar surface area (TPSA) is 17.8 Å². The summed E-state index contributed by atoms with van der Waals surface area (Å²) in [6.07, 6.45) is 8.21. The highest BCUT2D eigenvalue weighted by Gasteiger charge is 2.28. The first-order chi connectivity index (χ1) is 8.11. The number of alkyl halides is 1. The van der Waals surface area contributed by atoms with Crippen LogP contribution in [0.25, 0.3) is 0 Å². The quantitative estimate of drug-likeness (QED) is 0.558. The van der Waals surface area contributed by atoms with Gasteiger partial charge in [0.25, 0.3) is 0 Å². The van der Waals surface area contributed by atoms with Crippen LogP contribution in [0, 0.1) is 0 Å². The van der Waals surface area contributed by atoms with Gasteiger partial charge >= 0.3 is 0 Å². The van der Waals surface area contributed by atoms with Crippen molar-refractivity contribution in [3.05, 3.63) is 16.9 Å². The Morgan fingerprint density at radius 3 is 2.76 bits per heavy atom. The van der Waals surface area contributed by atoms with Gasteiger partial charge in [0.1, 0.15) is 0 Å². The molecule has 0 aromatic carbocycles. The molecule has 1 aromatic rings. The van der Waals surface area contributed by atoms with Crippen molar-refractivity contribution in [3.63, 3.8) is 0 Å². The first-order valence-electron chi connectivity index (χ1n) is 6.48. The van der Waals surface area contributed by atoms with Crippen molar-refractivity contribution in [2.75, 3.05) is 0 Å². The minimum absolute atomic E-state index is 0.375. The van der Waals surface area contributed by atoms with Gasteiger partial charge in [-0.05, 0) is 26.7 Å². The Labute approximate surface area is 117 Å². The van der Waals surface area contributed by atoms with E-state index in [0.29, 0.717) is 16.8 Å². The zero-order valence-corrected chi connectivity index (χ0v) is 12.8. The van der Waals surface area contributed by atoms with Crippen LogP contribution in [0.2, 0.25) is 5.02 Å². The second kappa shape index (κ2) is 5.75. The molecule has 0 bridgehead atoms. The van der Waals surface area contributed by atoms with E-state index in [1.54, 1.807) is 6.20 Å². The summed E-state index contributed by atoms with van der Waals surface area (Å²) in [5.74, 6) is 0.509. The number of aromatic nitrogens is 2. The lowest BCUT2D eigenvalue weighted by atomic mass is 9.96. The van der Waals surface area contributed by atoms with E-state index >= 15 is 0 Å². The van der Waals surface area contributed by atoms with Gasteiger partial charge in [-0.25, -0.2) is 0 Å². The molecule has 0 amide bonds. The van der Waals surface area contributed by atoms with Gasteiger partial charge in [0, 0.05) is 16.8 Å². The summed E-state index contributed by atoms with van der Waals surface area (Å²) >= 11 is 10.2. The van der Waals surface area contributed by atoms with Crippen LogP contribution in [0.15, 0.2) is 6.20 Å². The molecule has 1 fully saturated rings. The van der Waals surface area contributed by atoms with E-state index < -0.39 is 0 Å². The van der Waals surface area contributed by atoms with Gasteiger partial charge in [-0.1, -0.05) is 46.8 Å². The molecule has 1 heterocycles. The minimum atomic E-state index is 0.375. The number of nitrogens with zero attached hydrogens (tertiary/aromatic N) is 2. The van der Waals surface area contributed by atoms with Gasteiger partial charge in [0.2, 0.25) is 0 Å². The molecule has 0 spiro atoms. The molecule has 96 valence electrons. The van der Waals surface area contributed by atoms with E-state index in [4.69, 9.17) is 11.6 Å². The third kappa shape index (κ3) is 2.87. The van der Waals surface area contributed by atoms with Crippen LogP contribution in [0.5, 0.6) is 0 Å². The molecular weight excluding hydrogens is 300 g/mol. The number of hydrogen-bond acceptors (Lipinski definition) is 1. The first kappa shape index (κ1) is 13.4. The molecule has 17 heavy (non-hydrogen) atoms. The van der Waals surface area contributed by atoms with E-state index in [1.807, 2.05) is 0 Å². The van der Waals surface area contributed by atoms with Crippen LogP contribution in [0.1, 0.15) is 63.6 Å². The summed E-state index contributed by atoms with van der Waals surface area (Å²) in [6.45, 7) is 4.32. The highest BCUT2D eigenvalue weighted by molar-refractivity contribution is 9.09. The lowest BCUT2D eigenvalue weighted by Gasteiger charge is -2.23. The van der Waals surface area contributed by atoms with Gasteiger partial charge < -0.3 is 0 Å². The van der Waals surface area contributed by atoms with Crippen molar-refractivity contribution < 1.29 is 0 Å². The van der Waals surface area contributed by atoms with Crippen molar-refractivity contribution in [1.82, 2.24) is 9.78 Å². The number of halogens is 2. The molecule has 0 radical (unpaired) electrons. The molecule has 1 saturated carbocycles. The number of rotatable bonds is 2. The third-order valence-electron chi connectivity index (χ3n) is 3.56. The van der Waals surface area contributed by atoms with Crippen molar-refractivity contribution in [1.29, 1.82) is 0 Å². The van der Waals surface area contributed by atoms with Crippen molar-refractivity contribution >= 4 is 27.5 Å². The average Bonchev–Trinajstić information content (AvgIpc) is 2.52. The second-order valence-electron chi connectivity index (χ2n) is 5.18. The summed E-state index contributed by atoms with van der Waals surface area (Å²) in [5.41, 5.74) is 1.23. The molecule has 2 nitrogen and oxygen atoms in total. The largest absolute Gasteiger partial charge is 0.265 e. The maximum absolute atomic E-state index is 6.34. The van der Waals surface area contributed by atoms with Gasteiger partial charge in [-0.3, -0.25) is 4.68 Å². The van der Waals surface area contributed by atoms with Crippen LogP contribution in [0.3, 0.4) is 0 Å². The first-order valence-corrected chi connectivity index (χ1v) is 7.77.